The quantitative estimate of drug-likeness (QED) is 0.822. The summed E-state index contributed by atoms with van der Waals surface area (Å²) in [6.45, 7) is 5.25. The van der Waals surface area contributed by atoms with Crippen LogP contribution >= 0.6 is 0 Å². The summed E-state index contributed by atoms with van der Waals surface area (Å²) in [6.07, 6.45) is 0. The number of carboxylic acids is 1. The second kappa shape index (κ2) is 4.79. The Balaban J connectivity index is 3.02. The molecule has 1 rings (SSSR count). The molecule has 0 radical (unpaired) electrons. The van der Waals surface area contributed by atoms with E-state index in [0.29, 0.717) is 11.3 Å². The number of amides is 1. The zero-order valence-electron chi connectivity index (χ0n) is 9.57. The van der Waals surface area contributed by atoms with Gasteiger partial charge in [0.2, 0.25) is 5.91 Å². The first-order chi connectivity index (χ1) is 7.43. The van der Waals surface area contributed by atoms with Crippen molar-refractivity contribution in [2.45, 2.75) is 20.8 Å². The van der Waals surface area contributed by atoms with Gasteiger partial charge in [-0.3, -0.25) is 4.79 Å². The molecule has 86 valence electrons. The second-order valence-electron chi connectivity index (χ2n) is 3.93. The Morgan fingerprint density at radius 1 is 1.31 bits per heavy atom. The Morgan fingerprint density at radius 3 is 2.44 bits per heavy atom. The molecule has 0 fully saturated rings. The van der Waals surface area contributed by atoms with E-state index in [0.717, 1.165) is 0 Å². The number of carbonyl (C=O) groups excluding carboxylic acids is 1. The van der Waals surface area contributed by atoms with E-state index >= 15 is 0 Å². The van der Waals surface area contributed by atoms with E-state index in [1.54, 1.807) is 32.9 Å². The lowest BCUT2D eigenvalue weighted by Gasteiger charge is -2.11. The van der Waals surface area contributed by atoms with Crippen molar-refractivity contribution in [2.24, 2.45) is 5.92 Å². The molecule has 0 atom stereocenters. The molecule has 1 aromatic carbocycles. The van der Waals surface area contributed by atoms with E-state index in [1.165, 1.54) is 6.07 Å². The van der Waals surface area contributed by atoms with E-state index < -0.39 is 5.97 Å². The summed E-state index contributed by atoms with van der Waals surface area (Å²) in [6, 6.07) is 4.83. The van der Waals surface area contributed by atoms with Crippen LogP contribution in [0.2, 0.25) is 0 Å². The predicted molar refractivity (Wildman–Crippen MR) is 61.6 cm³/mol. The van der Waals surface area contributed by atoms with Gasteiger partial charge in [0.05, 0.1) is 5.56 Å². The van der Waals surface area contributed by atoms with Gasteiger partial charge in [-0.1, -0.05) is 19.9 Å². The smallest absolute Gasteiger partial charge is 0.336 e. The van der Waals surface area contributed by atoms with Gasteiger partial charge in [-0.15, -0.1) is 0 Å². The lowest BCUT2D eigenvalue weighted by atomic mass is 10.1. The van der Waals surface area contributed by atoms with Crippen LogP contribution in [0.25, 0.3) is 0 Å². The third-order valence-corrected chi connectivity index (χ3v) is 2.35. The highest BCUT2D eigenvalue weighted by Crippen LogP contribution is 2.19. The average Bonchev–Trinajstić information content (AvgIpc) is 2.20. The van der Waals surface area contributed by atoms with Crippen molar-refractivity contribution in [2.75, 3.05) is 5.32 Å². The molecule has 0 aliphatic carbocycles. The van der Waals surface area contributed by atoms with Crippen molar-refractivity contribution in [1.82, 2.24) is 0 Å². The van der Waals surface area contributed by atoms with Crippen LogP contribution in [-0.2, 0) is 4.79 Å². The standard InChI is InChI=1S/C12H15NO3/c1-7(2)11(14)13-10-6-4-5-9(8(10)3)12(15)16/h4-7H,1-3H3,(H,13,14)(H,15,16). The van der Waals surface area contributed by atoms with E-state index in [-0.39, 0.29) is 17.4 Å². The molecule has 0 unspecified atom stereocenters. The maximum Gasteiger partial charge on any atom is 0.336 e. The molecule has 4 heteroatoms. The molecule has 1 amide bonds. The molecular formula is C12H15NO3. The molecule has 0 saturated carbocycles. The van der Waals surface area contributed by atoms with Gasteiger partial charge in [0.15, 0.2) is 0 Å². The molecule has 0 aliphatic heterocycles. The normalized spacial score (nSPS) is 10.2. The molecule has 4 nitrogen and oxygen atoms in total. The lowest BCUT2D eigenvalue weighted by molar-refractivity contribution is -0.118. The van der Waals surface area contributed by atoms with Crippen LogP contribution in [0.15, 0.2) is 18.2 Å². The van der Waals surface area contributed by atoms with Crippen molar-refractivity contribution in [3.05, 3.63) is 29.3 Å². The van der Waals surface area contributed by atoms with Crippen LogP contribution in [0.4, 0.5) is 5.69 Å². The van der Waals surface area contributed by atoms with Crippen LogP contribution in [0.3, 0.4) is 0 Å². The van der Waals surface area contributed by atoms with Gasteiger partial charge in [-0.2, -0.15) is 0 Å². The minimum Gasteiger partial charge on any atom is -0.478 e. The number of aromatic carboxylic acids is 1. The van der Waals surface area contributed by atoms with E-state index in [9.17, 15) is 9.59 Å². The predicted octanol–water partition coefficient (Wildman–Crippen LogP) is 2.29. The Bertz CT molecular complexity index is 424. The number of hydrogen-bond acceptors (Lipinski definition) is 2. The highest BCUT2D eigenvalue weighted by atomic mass is 16.4. The van der Waals surface area contributed by atoms with Crippen molar-refractivity contribution in [3.63, 3.8) is 0 Å². The highest BCUT2D eigenvalue weighted by Gasteiger charge is 2.13. The third kappa shape index (κ3) is 2.59. The molecule has 0 heterocycles. The second-order valence-corrected chi connectivity index (χ2v) is 3.93. The number of benzene rings is 1. The van der Waals surface area contributed by atoms with Gasteiger partial charge in [-0.25, -0.2) is 4.79 Å². The molecule has 1 aromatic rings. The van der Waals surface area contributed by atoms with Gasteiger partial charge in [-0.05, 0) is 24.6 Å². The maximum atomic E-state index is 11.5. The van der Waals surface area contributed by atoms with E-state index in [1.807, 2.05) is 0 Å². The fourth-order valence-electron chi connectivity index (χ4n) is 1.28. The summed E-state index contributed by atoms with van der Waals surface area (Å²) in [4.78, 5) is 22.4. The summed E-state index contributed by atoms with van der Waals surface area (Å²) >= 11 is 0. The number of carbonyl (C=O) groups is 2. The number of hydrogen-bond donors (Lipinski definition) is 2. The fourth-order valence-corrected chi connectivity index (χ4v) is 1.28. The minimum absolute atomic E-state index is 0.120. The average molecular weight is 221 g/mol. The van der Waals surface area contributed by atoms with Crippen molar-refractivity contribution >= 4 is 17.6 Å². The third-order valence-electron chi connectivity index (χ3n) is 2.35. The van der Waals surface area contributed by atoms with Crippen molar-refractivity contribution < 1.29 is 14.7 Å². The van der Waals surface area contributed by atoms with Gasteiger partial charge < -0.3 is 10.4 Å². The minimum atomic E-state index is -0.988. The lowest BCUT2D eigenvalue weighted by Crippen LogP contribution is -2.19. The van der Waals surface area contributed by atoms with Gasteiger partial charge >= 0.3 is 5.97 Å². The maximum absolute atomic E-state index is 11.5. The Labute approximate surface area is 94.3 Å². The van der Waals surface area contributed by atoms with Gasteiger partial charge in [0.25, 0.3) is 0 Å². The highest BCUT2D eigenvalue weighted by molar-refractivity contribution is 5.96. The van der Waals surface area contributed by atoms with Crippen molar-refractivity contribution in [3.8, 4) is 0 Å². The summed E-state index contributed by atoms with van der Waals surface area (Å²) < 4.78 is 0. The zero-order chi connectivity index (χ0) is 12.3. The Kier molecular flexibility index (Phi) is 3.66. The molecule has 0 spiro atoms. The van der Waals surface area contributed by atoms with Crippen LogP contribution in [0, 0.1) is 12.8 Å². The zero-order valence-corrected chi connectivity index (χ0v) is 9.57. The molecule has 0 aromatic heterocycles. The van der Waals surface area contributed by atoms with Crippen LogP contribution in [-0.4, -0.2) is 17.0 Å². The molecule has 2 N–H and O–H groups in total. The Hall–Kier alpha value is -1.84. The van der Waals surface area contributed by atoms with Crippen LogP contribution in [0.1, 0.15) is 29.8 Å². The largest absolute Gasteiger partial charge is 0.478 e. The fraction of sp³-hybridized carbons (Fsp3) is 0.333. The van der Waals surface area contributed by atoms with E-state index in [2.05, 4.69) is 5.32 Å². The monoisotopic (exact) mass is 221 g/mol. The van der Waals surface area contributed by atoms with Crippen molar-refractivity contribution in [1.29, 1.82) is 0 Å². The molecular weight excluding hydrogens is 206 g/mol. The van der Waals surface area contributed by atoms with Crippen LogP contribution in [0.5, 0.6) is 0 Å². The summed E-state index contributed by atoms with van der Waals surface area (Å²) in [5.41, 5.74) is 1.34. The van der Waals surface area contributed by atoms with Gasteiger partial charge in [0, 0.05) is 11.6 Å². The molecule has 16 heavy (non-hydrogen) atoms. The topological polar surface area (TPSA) is 66.4 Å². The Morgan fingerprint density at radius 2 is 1.94 bits per heavy atom. The number of anilines is 1. The molecule has 0 saturated heterocycles. The first-order valence-electron chi connectivity index (χ1n) is 5.07. The first-order valence-corrected chi connectivity index (χ1v) is 5.07. The molecule has 0 aliphatic rings. The molecule has 0 bridgehead atoms. The summed E-state index contributed by atoms with van der Waals surface area (Å²) in [5.74, 6) is -1.24. The number of nitrogens with one attached hydrogen (secondary N) is 1. The van der Waals surface area contributed by atoms with Gasteiger partial charge in [0.1, 0.15) is 0 Å². The summed E-state index contributed by atoms with van der Waals surface area (Å²) in [7, 11) is 0. The van der Waals surface area contributed by atoms with E-state index in [4.69, 9.17) is 5.11 Å². The number of rotatable bonds is 3. The van der Waals surface area contributed by atoms with Crippen LogP contribution < -0.4 is 5.32 Å². The number of carboxylic acid groups (broad SMARTS) is 1. The first kappa shape index (κ1) is 12.2. The SMILES string of the molecule is Cc1c(NC(=O)C(C)C)cccc1C(=O)O. The summed E-state index contributed by atoms with van der Waals surface area (Å²) in [5, 5.41) is 11.6.